The van der Waals surface area contributed by atoms with E-state index in [1.807, 2.05) is 32.1 Å². The minimum absolute atomic E-state index is 0.282. The van der Waals surface area contributed by atoms with E-state index in [9.17, 15) is 0 Å². The quantitative estimate of drug-likeness (QED) is 0.714. The predicted octanol–water partition coefficient (Wildman–Crippen LogP) is 2.34. The van der Waals surface area contributed by atoms with Crippen LogP contribution in [0, 0.1) is 0 Å². The second-order valence-corrected chi connectivity index (χ2v) is 3.60. The van der Waals surface area contributed by atoms with Crippen LogP contribution < -0.4 is 5.73 Å². The summed E-state index contributed by atoms with van der Waals surface area (Å²) in [6.45, 7) is 4.23. The molecule has 1 heterocycles. The first-order valence-electron chi connectivity index (χ1n) is 5.01. The van der Waals surface area contributed by atoms with E-state index in [1.54, 1.807) is 0 Å². The molecule has 15 heavy (non-hydrogen) atoms. The molecular weight excluding hydrogens is 190 g/mol. The fourth-order valence-corrected chi connectivity index (χ4v) is 1.65. The first-order chi connectivity index (χ1) is 7.22. The Morgan fingerprint density at radius 2 is 2.07 bits per heavy atom. The van der Waals surface area contributed by atoms with Gasteiger partial charge < -0.3 is 15.2 Å². The Balaban J connectivity index is 2.45. The summed E-state index contributed by atoms with van der Waals surface area (Å²) in [5.41, 5.74) is 8.76. The summed E-state index contributed by atoms with van der Waals surface area (Å²) in [5.74, 6) is 1.88. The molecule has 0 amide bonds. The molecule has 0 aromatic carbocycles. The third-order valence-corrected chi connectivity index (χ3v) is 2.65. The van der Waals surface area contributed by atoms with Gasteiger partial charge in [-0.1, -0.05) is 12.2 Å². The van der Waals surface area contributed by atoms with Crippen molar-refractivity contribution >= 4 is 0 Å². The maximum Gasteiger partial charge on any atom is 0.229 e. The lowest BCUT2D eigenvalue weighted by Gasteiger charge is -2.22. The molecule has 2 aliphatic rings. The van der Waals surface area contributed by atoms with Crippen LogP contribution in [0.2, 0.25) is 0 Å². The van der Waals surface area contributed by atoms with Gasteiger partial charge in [0, 0.05) is 11.3 Å². The van der Waals surface area contributed by atoms with Crippen molar-refractivity contribution in [3.63, 3.8) is 0 Å². The van der Waals surface area contributed by atoms with Crippen molar-refractivity contribution in [1.29, 1.82) is 0 Å². The summed E-state index contributed by atoms with van der Waals surface area (Å²) >= 11 is 0. The summed E-state index contributed by atoms with van der Waals surface area (Å²) in [5, 5.41) is 0. The fourth-order valence-electron chi connectivity index (χ4n) is 1.65. The van der Waals surface area contributed by atoms with Crippen molar-refractivity contribution in [1.82, 2.24) is 0 Å². The molecule has 3 nitrogen and oxygen atoms in total. The van der Waals surface area contributed by atoms with Crippen LogP contribution in [-0.2, 0) is 9.47 Å². The first-order valence-corrected chi connectivity index (χ1v) is 5.01. The number of ether oxygens (including phenoxy) is 2. The van der Waals surface area contributed by atoms with Gasteiger partial charge in [-0.2, -0.15) is 0 Å². The summed E-state index contributed by atoms with van der Waals surface area (Å²) < 4.78 is 10.9. The van der Waals surface area contributed by atoms with Crippen LogP contribution in [0.4, 0.5) is 0 Å². The summed E-state index contributed by atoms with van der Waals surface area (Å²) in [4.78, 5) is 0. The van der Waals surface area contributed by atoms with Crippen LogP contribution in [0.5, 0.6) is 0 Å². The van der Waals surface area contributed by atoms with Gasteiger partial charge in [-0.05, 0) is 25.5 Å². The highest BCUT2D eigenvalue weighted by molar-refractivity contribution is 5.46. The normalized spacial score (nSPS) is 21.1. The summed E-state index contributed by atoms with van der Waals surface area (Å²) in [7, 11) is 0. The number of rotatable bonds is 1. The van der Waals surface area contributed by atoms with Gasteiger partial charge in [-0.15, -0.1) is 0 Å². The monoisotopic (exact) mass is 205 g/mol. The number of hydrogen-bond acceptors (Lipinski definition) is 3. The lowest BCUT2D eigenvalue weighted by molar-refractivity contribution is -0.0227. The predicted molar refractivity (Wildman–Crippen MR) is 58.5 cm³/mol. The molecule has 0 saturated carbocycles. The first kappa shape index (κ1) is 9.90. The largest absolute Gasteiger partial charge is 0.461 e. The van der Waals surface area contributed by atoms with Crippen molar-refractivity contribution in [3.8, 4) is 0 Å². The van der Waals surface area contributed by atoms with Crippen LogP contribution in [0.25, 0.3) is 0 Å². The van der Waals surface area contributed by atoms with Gasteiger partial charge in [0.05, 0.1) is 6.42 Å². The Hall–Kier alpha value is -1.64. The van der Waals surface area contributed by atoms with Gasteiger partial charge in [0.25, 0.3) is 0 Å². The van der Waals surface area contributed by atoms with E-state index in [2.05, 4.69) is 0 Å². The smallest absolute Gasteiger partial charge is 0.229 e. The molecule has 1 fully saturated rings. The van der Waals surface area contributed by atoms with Crippen molar-refractivity contribution in [2.45, 2.75) is 20.3 Å². The Labute approximate surface area is 89.6 Å². The van der Waals surface area contributed by atoms with Gasteiger partial charge in [0.15, 0.2) is 0 Å². The number of allylic oxidation sites excluding steroid dienone is 4. The van der Waals surface area contributed by atoms with E-state index < -0.39 is 0 Å². The van der Waals surface area contributed by atoms with E-state index in [1.165, 1.54) is 0 Å². The van der Waals surface area contributed by atoms with Crippen molar-refractivity contribution in [2.75, 3.05) is 6.79 Å². The second-order valence-electron chi connectivity index (χ2n) is 3.60. The average Bonchev–Trinajstić information content (AvgIpc) is 2.38. The maximum absolute atomic E-state index is 5.91. The van der Waals surface area contributed by atoms with Crippen LogP contribution in [0.1, 0.15) is 20.3 Å². The molecule has 2 bridgehead atoms. The van der Waals surface area contributed by atoms with Crippen molar-refractivity contribution < 1.29 is 9.47 Å². The zero-order valence-corrected chi connectivity index (χ0v) is 9.04. The molecule has 0 unspecified atom stereocenters. The third kappa shape index (κ3) is 1.77. The number of hydrogen-bond donors (Lipinski definition) is 1. The lowest BCUT2D eigenvalue weighted by atomic mass is 10.1. The molecule has 3 heteroatoms. The van der Waals surface area contributed by atoms with E-state index in [0.29, 0.717) is 6.42 Å². The zero-order chi connectivity index (χ0) is 10.8. The van der Waals surface area contributed by atoms with Crippen molar-refractivity contribution in [2.24, 2.45) is 5.73 Å². The van der Waals surface area contributed by atoms with E-state index in [4.69, 9.17) is 15.2 Å². The van der Waals surface area contributed by atoms with Gasteiger partial charge in [-0.25, -0.2) is 0 Å². The number of nitrogens with two attached hydrogens (primary N) is 1. The summed E-state index contributed by atoms with van der Waals surface area (Å²) in [6, 6.07) is 0. The average molecular weight is 205 g/mol. The summed E-state index contributed by atoms with van der Waals surface area (Å²) in [6.07, 6.45) is 6.58. The molecule has 2 rings (SSSR count). The van der Waals surface area contributed by atoms with Crippen LogP contribution in [0.15, 0.2) is 46.6 Å². The minimum Gasteiger partial charge on any atom is -0.461 e. The molecule has 0 spiro atoms. The Kier molecular flexibility index (Phi) is 2.54. The van der Waals surface area contributed by atoms with Gasteiger partial charge >= 0.3 is 0 Å². The molecule has 1 aliphatic carbocycles. The molecule has 0 aromatic rings. The second kappa shape index (κ2) is 3.85. The van der Waals surface area contributed by atoms with Crippen molar-refractivity contribution in [3.05, 3.63) is 46.6 Å². The van der Waals surface area contributed by atoms with Crippen LogP contribution in [0.3, 0.4) is 0 Å². The Morgan fingerprint density at radius 1 is 1.33 bits per heavy atom. The van der Waals surface area contributed by atoms with E-state index in [-0.39, 0.29) is 6.79 Å². The minimum atomic E-state index is 0.282. The Bertz CT molecular complexity index is 400. The molecule has 1 aliphatic heterocycles. The topological polar surface area (TPSA) is 44.5 Å². The highest BCUT2D eigenvalue weighted by Crippen LogP contribution is 2.30. The Morgan fingerprint density at radius 3 is 2.80 bits per heavy atom. The molecular formula is C12H15NO2. The standard InChI is InChI=1S/C12H15NO2/c1-3-10(13)9-5-4-8(2)11-6-12(9)15-7-14-11/h3-5H,6-7,13H2,1-2H3/b10-3-. The lowest BCUT2D eigenvalue weighted by Crippen LogP contribution is -2.12. The van der Waals surface area contributed by atoms with Gasteiger partial charge in [0.2, 0.25) is 6.79 Å². The molecule has 80 valence electrons. The van der Waals surface area contributed by atoms with Crippen LogP contribution in [-0.4, -0.2) is 6.79 Å². The van der Waals surface area contributed by atoms with Crippen LogP contribution >= 0.6 is 0 Å². The highest BCUT2D eigenvalue weighted by atomic mass is 16.7. The van der Waals surface area contributed by atoms with E-state index >= 15 is 0 Å². The van der Waals surface area contributed by atoms with E-state index in [0.717, 1.165) is 28.4 Å². The highest BCUT2D eigenvalue weighted by Gasteiger charge is 2.20. The maximum atomic E-state index is 5.91. The van der Waals surface area contributed by atoms with Gasteiger partial charge in [0.1, 0.15) is 11.5 Å². The molecule has 1 saturated heterocycles. The SMILES string of the molecule is C/C=C(\N)C1=C2CC(=C(C)C=C1)OCO2. The van der Waals surface area contributed by atoms with Gasteiger partial charge in [-0.3, -0.25) is 0 Å². The fraction of sp³-hybridized carbons (Fsp3) is 0.333. The number of fused-ring (bicyclic) bond motifs is 2. The molecule has 2 N–H and O–H groups in total. The molecule has 0 aromatic heterocycles. The molecule has 0 radical (unpaired) electrons. The molecule has 0 atom stereocenters. The third-order valence-electron chi connectivity index (χ3n) is 2.65. The zero-order valence-electron chi connectivity index (χ0n) is 9.04.